The average Bonchev–Trinajstić information content (AvgIpc) is 2.27. The second-order valence-electron chi connectivity index (χ2n) is 4.22. The number of carbonyl (C=O) groups excluding carboxylic acids is 1. The second kappa shape index (κ2) is 5.35. The molecule has 90 valence electrons. The second-order valence-corrected chi connectivity index (χ2v) is 4.22. The number of nitriles is 1. The van der Waals surface area contributed by atoms with Gasteiger partial charge in [-0.1, -0.05) is 6.07 Å². The van der Waals surface area contributed by atoms with E-state index in [1.165, 1.54) is 0 Å². The lowest BCUT2D eigenvalue weighted by Crippen LogP contribution is -2.35. The van der Waals surface area contributed by atoms with Gasteiger partial charge >= 0.3 is 0 Å². The number of amides is 1. The maximum Gasteiger partial charge on any atom is 0.255 e. The largest absolute Gasteiger partial charge is 0.398 e. The zero-order chi connectivity index (χ0) is 13.0. The minimum Gasteiger partial charge on any atom is -0.398 e. The van der Waals surface area contributed by atoms with E-state index in [2.05, 4.69) is 6.07 Å². The molecule has 17 heavy (non-hydrogen) atoms. The summed E-state index contributed by atoms with van der Waals surface area (Å²) in [5.41, 5.74) is 7.81. The first-order chi connectivity index (χ1) is 7.97. The number of nitrogens with two attached hydrogens (primary N) is 1. The molecule has 1 atom stereocenters. The predicted molar refractivity (Wildman–Crippen MR) is 67.4 cm³/mol. The molecule has 4 nitrogen and oxygen atoms in total. The van der Waals surface area contributed by atoms with Crippen molar-refractivity contribution in [1.82, 2.24) is 4.90 Å². The summed E-state index contributed by atoms with van der Waals surface area (Å²) in [7, 11) is 1.68. The molecule has 0 saturated heterocycles. The third kappa shape index (κ3) is 2.97. The number of hydrogen-bond donors (Lipinski definition) is 1. The lowest BCUT2D eigenvalue weighted by molar-refractivity contribution is 0.0747. The molecule has 0 spiro atoms. The zero-order valence-electron chi connectivity index (χ0n) is 10.4. The third-order valence-corrected chi connectivity index (χ3v) is 2.81. The number of carbonyl (C=O) groups is 1. The molecule has 0 aliphatic rings. The number of aryl methyl sites for hydroxylation is 1. The molecule has 0 fully saturated rings. The van der Waals surface area contributed by atoms with Gasteiger partial charge in [0.1, 0.15) is 0 Å². The van der Waals surface area contributed by atoms with Crippen molar-refractivity contribution >= 4 is 11.6 Å². The molecule has 1 unspecified atom stereocenters. The van der Waals surface area contributed by atoms with E-state index in [0.29, 0.717) is 17.7 Å². The summed E-state index contributed by atoms with van der Waals surface area (Å²) in [5.74, 6) is -0.148. The van der Waals surface area contributed by atoms with Crippen LogP contribution in [0.25, 0.3) is 0 Å². The number of nitrogens with zero attached hydrogens (tertiary/aromatic N) is 2. The van der Waals surface area contributed by atoms with Crippen molar-refractivity contribution in [3.8, 4) is 6.07 Å². The normalized spacial score (nSPS) is 11.6. The number of nitrogen functional groups attached to an aromatic ring is 1. The SMILES string of the molecule is Cc1ccc(C(=O)N(C)C(C)CC#N)c(N)c1. The van der Waals surface area contributed by atoms with Gasteiger partial charge in [0.2, 0.25) is 0 Å². The van der Waals surface area contributed by atoms with Gasteiger partial charge < -0.3 is 10.6 Å². The van der Waals surface area contributed by atoms with Crippen molar-refractivity contribution in [2.75, 3.05) is 12.8 Å². The summed E-state index contributed by atoms with van der Waals surface area (Å²) in [5, 5.41) is 8.62. The van der Waals surface area contributed by atoms with Gasteiger partial charge in [0, 0.05) is 18.8 Å². The maximum atomic E-state index is 12.1. The minimum absolute atomic E-state index is 0.117. The van der Waals surface area contributed by atoms with Gasteiger partial charge in [0.25, 0.3) is 5.91 Å². The van der Waals surface area contributed by atoms with Crippen LogP contribution in [-0.2, 0) is 0 Å². The van der Waals surface area contributed by atoms with Crippen molar-refractivity contribution in [2.45, 2.75) is 26.3 Å². The Hall–Kier alpha value is -2.02. The van der Waals surface area contributed by atoms with Crippen molar-refractivity contribution in [3.05, 3.63) is 29.3 Å². The van der Waals surface area contributed by atoms with Gasteiger partial charge in [0.15, 0.2) is 0 Å². The Morgan fingerprint density at radius 2 is 2.24 bits per heavy atom. The van der Waals surface area contributed by atoms with Crippen LogP contribution >= 0.6 is 0 Å². The molecule has 1 amide bonds. The van der Waals surface area contributed by atoms with Gasteiger partial charge in [0.05, 0.1) is 18.1 Å². The number of rotatable bonds is 3. The van der Waals surface area contributed by atoms with E-state index in [1.54, 1.807) is 24.1 Å². The fraction of sp³-hybridized carbons (Fsp3) is 0.385. The monoisotopic (exact) mass is 231 g/mol. The molecular formula is C13H17N3O. The first-order valence-corrected chi connectivity index (χ1v) is 5.47. The molecular weight excluding hydrogens is 214 g/mol. The summed E-state index contributed by atoms with van der Waals surface area (Å²) in [4.78, 5) is 13.7. The molecule has 1 aromatic carbocycles. The molecule has 0 aromatic heterocycles. The predicted octanol–water partition coefficient (Wildman–Crippen LogP) is 1.95. The number of hydrogen-bond acceptors (Lipinski definition) is 3. The zero-order valence-corrected chi connectivity index (χ0v) is 10.4. The Morgan fingerprint density at radius 3 is 2.76 bits per heavy atom. The van der Waals surface area contributed by atoms with Crippen LogP contribution < -0.4 is 5.73 Å². The lowest BCUT2D eigenvalue weighted by Gasteiger charge is -2.23. The summed E-state index contributed by atoms with van der Waals surface area (Å²) >= 11 is 0. The highest BCUT2D eigenvalue weighted by atomic mass is 16.2. The minimum atomic E-state index is -0.148. The van der Waals surface area contributed by atoms with Crippen molar-refractivity contribution < 1.29 is 4.79 Å². The summed E-state index contributed by atoms with van der Waals surface area (Å²) < 4.78 is 0. The van der Waals surface area contributed by atoms with E-state index in [0.717, 1.165) is 5.56 Å². The molecule has 0 saturated carbocycles. The first kappa shape index (κ1) is 13.0. The van der Waals surface area contributed by atoms with E-state index < -0.39 is 0 Å². The van der Waals surface area contributed by atoms with E-state index >= 15 is 0 Å². The molecule has 0 radical (unpaired) electrons. The average molecular weight is 231 g/mol. The highest BCUT2D eigenvalue weighted by molar-refractivity contribution is 5.99. The van der Waals surface area contributed by atoms with Crippen LogP contribution in [0.4, 0.5) is 5.69 Å². The van der Waals surface area contributed by atoms with Crippen LogP contribution in [0, 0.1) is 18.3 Å². The molecule has 0 heterocycles. The van der Waals surface area contributed by atoms with Gasteiger partial charge in [-0.15, -0.1) is 0 Å². The van der Waals surface area contributed by atoms with Crippen LogP contribution in [0.2, 0.25) is 0 Å². The van der Waals surface area contributed by atoms with E-state index in [-0.39, 0.29) is 11.9 Å². The van der Waals surface area contributed by atoms with Crippen molar-refractivity contribution in [3.63, 3.8) is 0 Å². The standard InChI is InChI=1S/C13H17N3O/c1-9-4-5-11(12(15)8-9)13(17)16(3)10(2)6-7-14/h4-5,8,10H,6,15H2,1-3H3. The molecule has 0 bridgehead atoms. The maximum absolute atomic E-state index is 12.1. The molecule has 1 aromatic rings. The first-order valence-electron chi connectivity index (χ1n) is 5.47. The Balaban J connectivity index is 2.93. The fourth-order valence-electron chi connectivity index (χ4n) is 1.54. The van der Waals surface area contributed by atoms with Gasteiger partial charge in [-0.3, -0.25) is 4.79 Å². The highest BCUT2D eigenvalue weighted by Crippen LogP contribution is 2.17. The van der Waals surface area contributed by atoms with Gasteiger partial charge in [-0.2, -0.15) is 5.26 Å². The van der Waals surface area contributed by atoms with E-state index in [1.807, 2.05) is 19.9 Å². The Morgan fingerprint density at radius 1 is 1.59 bits per heavy atom. The lowest BCUT2D eigenvalue weighted by atomic mass is 10.1. The molecule has 1 rings (SSSR count). The molecule has 2 N–H and O–H groups in total. The molecule has 4 heteroatoms. The van der Waals surface area contributed by atoms with E-state index in [9.17, 15) is 4.79 Å². The van der Waals surface area contributed by atoms with Crippen LogP contribution in [0.5, 0.6) is 0 Å². The Bertz CT molecular complexity index is 462. The van der Waals surface area contributed by atoms with Crippen LogP contribution in [0.3, 0.4) is 0 Å². The fourth-order valence-corrected chi connectivity index (χ4v) is 1.54. The van der Waals surface area contributed by atoms with Crippen molar-refractivity contribution in [1.29, 1.82) is 5.26 Å². The van der Waals surface area contributed by atoms with Crippen LogP contribution in [0.1, 0.15) is 29.3 Å². The third-order valence-electron chi connectivity index (χ3n) is 2.81. The number of anilines is 1. The van der Waals surface area contributed by atoms with Gasteiger partial charge in [-0.25, -0.2) is 0 Å². The van der Waals surface area contributed by atoms with Crippen LogP contribution in [-0.4, -0.2) is 23.9 Å². The topological polar surface area (TPSA) is 70.1 Å². The van der Waals surface area contributed by atoms with Crippen LogP contribution in [0.15, 0.2) is 18.2 Å². The number of benzene rings is 1. The van der Waals surface area contributed by atoms with Gasteiger partial charge in [-0.05, 0) is 31.5 Å². The highest BCUT2D eigenvalue weighted by Gasteiger charge is 2.19. The Labute approximate surface area is 102 Å². The molecule has 0 aliphatic heterocycles. The quantitative estimate of drug-likeness (QED) is 0.808. The van der Waals surface area contributed by atoms with Crippen molar-refractivity contribution in [2.24, 2.45) is 0 Å². The smallest absolute Gasteiger partial charge is 0.255 e. The summed E-state index contributed by atoms with van der Waals surface area (Å²) in [6.07, 6.45) is 0.313. The summed E-state index contributed by atoms with van der Waals surface area (Å²) in [6, 6.07) is 7.29. The molecule has 0 aliphatic carbocycles. The Kier molecular flexibility index (Phi) is 4.11. The summed E-state index contributed by atoms with van der Waals surface area (Å²) in [6.45, 7) is 3.76. The van der Waals surface area contributed by atoms with E-state index in [4.69, 9.17) is 11.0 Å².